The highest BCUT2D eigenvalue weighted by molar-refractivity contribution is 5.83. The number of rotatable bonds is 6. The molecule has 28 heavy (non-hydrogen) atoms. The van der Waals surface area contributed by atoms with E-state index < -0.39 is 0 Å². The van der Waals surface area contributed by atoms with E-state index in [1.807, 2.05) is 25.2 Å². The van der Waals surface area contributed by atoms with Crippen molar-refractivity contribution in [2.45, 2.75) is 53.5 Å². The molecule has 1 aliphatic carbocycles. The van der Waals surface area contributed by atoms with Gasteiger partial charge in [-0.15, -0.1) is 10.2 Å². The van der Waals surface area contributed by atoms with E-state index in [0.29, 0.717) is 6.04 Å². The molecule has 1 aromatic heterocycles. The van der Waals surface area contributed by atoms with Crippen LogP contribution in [0.3, 0.4) is 0 Å². The summed E-state index contributed by atoms with van der Waals surface area (Å²) >= 11 is 0. The fourth-order valence-electron chi connectivity index (χ4n) is 3.58. The van der Waals surface area contributed by atoms with Gasteiger partial charge in [-0.1, -0.05) is 49.8 Å². The Morgan fingerprint density at radius 3 is 2.54 bits per heavy atom. The van der Waals surface area contributed by atoms with Crippen molar-refractivity contribution < 1.29 is 9.53 Å². The summed E-state index contributed by atoms with van der Waals surface area (Å²) < 4.78 is 6.73. The number of hydrogen-bond acceptors (Lipinski definition) is 4. The van der Waals surface area contributed by atoms with Gasteiger partial charge in [-0.3, -0.25) is 0 Å². The van der Waals surface area contributed by atoms with Crippen molar-refractivity contribution >= 4 is 5.97 Å². The molecular weight excluding hydrogens is 350 g/mol. The van der Waals surface area contributed by atoms with Crippen molar-refractivity contribution in [2.75, 3.05) is 7.11 Å². The Balaban J connectivity index is 2.18. The van der Waals surface area contributed by atoms with E-state index in [9.17, 15) is 4.79 Å². The normalized spacial score (nSPS) is 21.0. The summed E-state index contributed by atoms with van der Waals surface area (Å²) in [4.78, 5) is 11.2. The lowest BCUT2D eigenvalue weighted by Crippen LogP contribution is -2.25. The predicted octanol–water partition coefficient (Wildman–Crippen LogP) is 5.13. The molecule has 150 valence electrons. The third-order valence-corrected chi connectivity index (χ3v) is 5.27. The number of carbonyl (C=O) groups excluding carboxylic acids is 1. The van der Waals surface area contributed by atoms with Gasteiger partial charge in [0.1, 0.15) is 12.7 Å². The minimum Gasteiger partial charge on any atom is -0.466 e. The summed E-state index contributed by atoms with van der Waals surface area (Å²) in [6, 6.07) is 0.318. The molecule has 0 saturated carbocycles. The first-order chi connectivity index (χ1) is 13.2. The summed E-state index contributed by atoms with van der Waals surface area (Å²) in [7, 11) is 1.38. The number of allylic oxidation sites excluding steroid dienone is 9. The van der Waals surface area contributed by atoms with E-state index in [0.717, 1.165) is 24.0 Å². The molecule has 0 bridgehead atoms. The van der Waals surface area contributed by atoms with Gasteiger partial charge in [-0.2, -0.15) is 0 Å². The lowest BCUT2D eigenvalue weighted by Gasteiger charge is -2.37. The Morgan fingerprint density at radius 2 is 1.89 bits per heavy atom. The second kappa shape index (κ2) is 9.49. The van der Waals surface area contributed by atoms with Crippen molar-refractivity contribution in [2.24, 2.45) is 5.41 Å². The van der Waals surface area contributed by atoms with E-state index in [1.54, 1.807) is 12.7 Å². The molecule has 0 unspecified atom stereocenters. The van der Waals surface area contributed by atoms with Crippen molar-refractivity contribution in [3.05, 3.63) is 71.4 Å². The molecule has 5 nitrogen and oxygen atoms in total. The number of methoxy groups -OCH3 is 1. The maximum absolute atomic E-state index is 11.2. The van der Waals surface area contributed by atoms with Gasteiger partial charge in [0.25, 0.3) is 0 Å². The average molecular weight is 382 g/mol. The second-order valence-electron chi connectivity index (χ2n) is 7.96. The molecule has 1 heterocycles. The highest BCUT2D eigenvalue weighted by atomic mass is 16.5. The average Bonchev–Trinajstić information content (AvgIpc) is 3.15. The first-order valence-electron chi connectivity index (χ1n) is 9.59. The third-order valence-electron chi connectivity index (χ3n) is 5.27. The SMILES string of the molecule is COC(=O)/C=C(C)/C=C/C=C(C)/C=C/C1=C(C)[C@@H](n2cnnc2)CCC1(C)C. The van der Waals surface area contributed by atoms with Crippen LogP contribution in [0.25, 0.3) is 0 Å². The molecule has 0 fully saturated rings. The zero-order valence-electron chi connectivity index (χ0n) is 17.8. The van der Waals surface area contributed by atoms with E-state index in [-0.39, 0.29) is 11.4 Å². The quantitative estimate of drug-likeness (QED) is 0.389. The number of hydrogen-bond donors (Lipinski definition) is 0. The number of aromatic nitrogens is 3. The first-order valence-corrected chi connectivity index (χ1v) is 9.59. The summed E-state index contributed by atoms with van der Waals surface area (Å²) in [5.74, 6) is -0.340. The number of carbonyl (C=O) groups is 1. The second-order valence-corrected chi connectivity index (χ2v) is 7.96. The van der Waals surface area contributed by atoms with Gasteiger partial charge in [0, 0.05) is 6.08 Å². The molecule has 1 atom stereocenters. The van der Waals surface area contributed by atoms with Crippen LogP contribution in [0.5, 0.6) is 0 Å². The number of nitrogens with zero attached hydrogens (tertiary/aromatic N) is 3. The van der Waals surface area contributed by atoms with Gasteiger partial charge in [0.2, 0.25) is 0 Å². The Hall–Kier alpha value is -2.69. The van der Waals surface area contributed by atoms with Gasteiger partial charge in [-0.25, -0.2) is 4.79 Å². The molecule has 0 radical (unpaired) electrons. The molecule has 0 saturated heterocycles. The number of esters is 1. The fraction of sp³-hybridized carbons (Fsp3) is 0.435. The first kappa shape index (κ1) is 21.6. The molecule has 2 rings (SSSR count). The van der Waals surface area contributed by atoms with Crippen LogP contribution < -0.4 is 0 Å². The molecule has 0 amide bonds. The van der Waals surface area contributed by atoms with Gasteiger partial charge in [-0.05, 0) is 55.7 Å². The van der Waals surface area contributed by atoms with Crippen molar-refractivity contribution in [1.82, 2.24) is 14.8 Å². The van der Waals surface area contributed by atoms with Crippen molar-refractivity contribution in [3.63, 3.8) is 0 Å². The number of ether oxygens (including phenoxy) is 1. The largest absolute Gasteiger partial charge is 0.466 e. The Morgan fingerprint density at radius 1 is 1.21 bits per heavy atom. The molecule has 5 heteroatoms. The Labute approximate surface area is 168 Å². The predicted molar refractivity (Wildman–Crippen MR) is 113 cm³/mol. The van der Waals surface area contributed by atoms with Crippen LogP contribution in [0.4, 0.5) is 0 Å². The molecule has 0 aliphatic heterocycles. The maximum Gasteiger partial charge on any atom is 0.330 e. The highest BCUT2D eigenvalue weighted by Gasteiger charge is 2.32. The van der Waals surface area contributed by atoms with E-state index in [4.69, 9.17) is 0 Å². The molecule has 0 spiro atoms. The highest BCUT2D eigenvalue weighted by Crippen LogP contribution is 2.45. The van der Waals surface area contributed by atoms with Gasteiger partial charge >= 0.3 is 5.97 Å². The topological polar surface area (TPSA) is 57.0 Å². The van der Waals surface area contributed by atoms with E-state index in [1.165, 1.54) is 24.3 Å². The lowest BCUT2D eigenvalue weighted by atomic mass is 9.71. The van der Waals surface area contributed by atoms with Gasteiger partial charge in [0.05, 0.1) is 13.2 Å². The Bertz CT molecular complexity index is 837. The summed E-state index contributed by atoms with van der Waals surface area (Å²) in [5.41, 5.74) is 4.87. The molecule has 0 aromatic carbocycles. The van der Waals surface area contributed by atoms with E-state index in [2.05, 4.69) is 59.3 Å². The van der Waals surface area contributed by atoms with Crippen LogP contribution in [-0.4, -0.2) is 27.8 Å². The maximum atomic E-state index is 11.2. The zero-order chi connectivity index (χ0) is 20.7. The standard InChI is InChI=1S/C23H31N3O2/c1-17(8-7-9-18(2)14-22(27)28-6)10-11-20-19(3)21(12-13-23(20,4)5)26-15-24-25-16-26/h7-11,14-16,21H,12-13H2,1-6H3/b9-7+,11-10+,17-8+,18-14+/t21-/m0/s1. The molecule has 1 aliphatic rings. The van der Waals surface area contributed by atoms with Crippen molar-refractivity contribution in [3.8, 4) is 0 Å². The van der Waals surface area contributed by atoms with Crippen LogP contribution in [0.15, 0.2) is 71.4 Å². The van der Waals surface area contributed by atoms with E-state index >= 15 is 0 Å². The molecule has 0 N–H and O–H groups in total. The monoisotopic (exact) mass is 381 g/mol. The van der Waals surface area contributed by atoms with Crippen LogP contribution >= 0.6 is 0 Å². The minimum atomic E-state index is -0.340. The zero-order valence-corrected chi connectivity index (χ0v) is 17.8. The lowest BCUT2D eigenvalue weighted by molar-refractivity contribution is -0.134. The third kappa shape index (κ3) is 5.65. The fourth-order valence-corrected chi connectivity index (χ4v) is 3.58. The van der Waals surface area contributed by atoms with Crippen molar-refractivity contribution in [1.29, 1.82) is 0 Å². The van der Waals surface area contributed by atoms with Crippen LogP contribution in [0, 0.1) is 5.41 Å². The van der Waals surface area contributed by atoms with Crippen LogP contribution in [0.2, 0.25) is 0 Å². The minimum absolute atomic E-state index is 0.140. The van der Waals surface area contributed by atoms with Gasteiger partial charge < -0.3 is 9.30 Å². The Kier molecular flexibility index (Phi) is 7.32. The van der Waals surface area contributed by atoms with Crippen LogP contribution in [0.1, 0.15) is 53.5 Å². The summed E-state index contributed by atoms with van der Waals surface area (Å²) in [6.07, 6.45) is 17.6. The summed E-state index contributed by atoms with van der Waals surface area (Å²) in [6.45, 7) is 10.8. The molecular formula is C23H31N3O2. The smallest absolute Gasteiger partial charge is 0.330 e. The summed E-state index contributed by atoms with van der Waals surface area (Å²) in [5, 5.41) is 7.92. The van der Waals surface area contributed by atoms with Gasteiger partial charge in [0.15, 0.2) is 0 Å². The molecule has 1 aromatic rings. The van der Waals surface area contributed by atoms with Crippen LogP contribution in [-0.2, 0) is 9.53 Å².